The first-order valence-electron chi connectivity index (χ1n) is 5.82. The van der Waals surface area contributed by atoms with Crippen molar-refractivity contribution in [1.29, 1.82) is 0 Å². The lowest BCUT2D eigenvalue weighted by Crippen LogP contribution is -2.29. The van der Waals surface area contributed by atoms with E-state index in [1.54, 1.807) is 0 Å². The third-order valence-corrected chi connectivity index (χ3v) is 4.20. The van der Waals surface area contributed by atoms with Crippen LogP contribution in [0.1, 0.15) is 18.5 Å². The van der Waals surface area contributed by atoms with E-state index < -0.39 is 10.8 Å². The summed E-state index contributed by atoms with van der Waals surface area (Å²) >= 11 is 0. The summed E-state index contributed by atoms with van der Waals surface area (Å²) in [6.45, 7) is 1.95. The van der Waals surface area contributed by atoms with Crippen LogP contribution in [0.2, 0.25) is 0 Å². The summed E-state index contributed by atoms with van der Waals surface area (Å²) < 4.78 is 11.3. The van der Waals surface area contributed by atoms with Crippen LogP contribution >= 0.6 is 0 Å². The van der Waals surface area contributed by atoms with Crippen LogP contribution in [-0.4, -0.2) is 38.8 Å². The summed E-state index contributed by atoms with van der Waals surface area (Å²) in [6.07, 6.45) is 1.90. The van der Waals surface area contributed by atoms with E-state index in [0.29, 0.717) is 12.0 Å². The first kappa shape index (κ1) is 12.3. The van der Waals surface area contributed by atoms with Gasteiger partial charge in [0.25, 0.3) is 0 Å². The van der Waals surface area contributed by atoms with Gasteiger partial charge in [-0.15, -0.1) is 0 Å². The van der Waals surface area contributed by atoms with Gasteiger partial charge in [0.15, 0.2) is 0 Å². The van der Waals surface area contributed by atoms with Gasteiger partial charge in [-0.05, 0) is 19.8 Å². The Hall–Kier alpha value is -1.17. The predicted molar refractivity (Wildman–Crippen MR) is 70.8 cm³/mol. The second-order valence-electron chi connectivity index (χ2n) is 4.23. The Morgan fingerprint density at radius 2 is 2.06 bits per heavy atom. The maximum absolute atomic E-state index is 11.3. The van der Waals surface area contributed by atoms with Crippen LogP contribution < -0.4 is 10.6 Å². The third-order valence-electron chi connectivity index (χ3n) is 2.82. The summed E-state index contributed by atoms with van der Waals surface area (Å²) in [5.41, 5.74) is 0.936. The van der Waals surface area contributed by atoms with E-state index in [1.807, 2.05) is 20.0 Å². The van der Waals surface area contributed by atoms with Crippen LogP contribution in [-0.2, 0) is 10.8 Å². The summed E-state index contributed by atoms with van der Waals surface area (Å²) in [5, 5.41) is 6.33. The average molecular weight is 254 g/mol. The molecule has 0 aliphatic carbocycles. The van der Waals surface area contributed by atoms with Gasteiger partial charge in [0.05, 0.1) is 0 Å². The molecule has 0 amide bonds. The van der Waals surface area contributed by atoms with Gasteiger partial charge < -0.3 is 10.6 Å². The van der Waals surface area contributed by atoms with Gasteiger partial charge >= 0.3 is 0 Å². The number of nitrogens with one attached hydrogen (secondary N) is 2. The van der Waals surface area contributed by atoms with Crippen molar-refractivity contribution >= 4 is 22.6 Å². The minimum Gasteiger partial charge on any atom is -0.367 e. The number of hydrogen-bond donors (Lipinski definition) is 2. The SMILES string of the molecule is CNc1nc(C)cc(NC2CCS(=O)CC2)n1. The Labute approximate surface area is 104 Å². The van der Waals surface area contributed by atoms with Gasteiger partial charge in [-0.25, -0.2) is 4.98 Å². The fourth-order valence-corrected chi connectivity index (χ4v) is 3.20. The van der Waals surface area contributed by atoms with Crippen molar-refractivity contribution in [3.05, 3.63) is 11.8 Å². The third kappa shape index (κ3) is 3.39. The fourth-order valence-electron chi connectivity index (χ4n) is 1.90. The molecule has 0 bridgehead atoms. The van der Waals surface area contributed by atoms with Crippen LogP contribution in [0.4, 0.5) is 11.8 Å². The molecule has 0 saturated carbocycles. The van der Waals surface area contributed by atoms with Gasteiger partial charge in [-0.3, -0.25) is 4.21 Å². The molecule has 1 aliphatic heterocycles. The van der Waals surface area contributed by atoms with Crippen molar-refractivity contribution in [3.8, 4) is 0 Å². The molecule has 0 atom stereocenters. The number of rotatable bonds is 3. The zero-order valence-corrected chi connectivity index (χ0v) is 11.0. The van der Waals surface area contributed by atoms with Crippen molar-refractivity contribution < 1.29 is 4.21 Å². The van der Waals surface area contributed by atoms with E-state index in [2.05, 4.69) is 20.6 Å². The zero-order valence-electron chi connectivity index (χ0n) is 10.2. The Morgan fingerprint density at radius 3 is 2.71 bits per heavy atom. The van der Waals surface area contributed by atoms with Gasteiger partial charge in [0.2, 0.25) is 5.95 Å². The monoisotopic (exact) mass is 254 g/mol. The fraction of sp³-hybridized carbons (Fsp3) is 0.636. The normalized spacial score (nSPS) is 24.4. The van der Waals surface area contributed by atoms with E-state index in [1.165, 1.54) is 0 Å². The topological polar surface area (TPSA) is 66.9 Å². The lowest BCUT2D eigenvalue weighted by molar-refractivity contribution is 0.622. The molecule has 6 heteroatoms. The molecular weight excluding hydrogens is 236 g/mol. The minimum absolute atomic E-state index is 0.381. The Kier molecular flexibility index (Phi) is 3.93. The smallest absolute Gasteiger partial charge is 0.224 e. The van der Waals surface area contributed by atoms with Crippen LogP contribution in [0.3, 0.4) is 0 Å². The molecule has 94 valence electrons. The number of nitrogens with zero attached hydrogens (tertiary/aromatic N) is 2. The van der Waals surface area contributed by atoms with Crippen molar-refractivity contribution in [2.45, 2.75) is 25.8 Å². The largest absolute Gasteiger partial charge is 0.367 e. The molecule has 0 spiro atoms. The molecule has 0 radical (unpaired) electrons. The summed E-state index contributed by atoms with van der Waals surface area (Å²) in [6, 6.07) is 2.32. The number of anilines is 2. The molecule has 0 unspecified atom stereocenters. The predicted octanol–water partition coefficient (Wildman–Crippen LogP) is 1.15. The zero-order chi connectivity index (χ0) is 12.3. The first-order valence-corrected chi connectivity index (χ1v) is 7.31. The summed E-state index contributed by atoms with van der Waals surface area (Å²) in [7, 11) is 1.19. The number of aryl methyl sites for hydroxylation is 1. The number of aromatic nitrogens is 2. The quantitative estimate of drug-likeness (QED) is 0.847. The van der Waals surface area contributed by atoms with E-state index in [4.69, 9.17) is 0 Å². The van der Waals surface area contributed by atoms with E-state index in [9.17, 15) is 4.21 Å². The maximum atomic E-state index is 11.3. The number of hydrogen-bond acceptors (Lipinski definition) is 5. The molecule has 2 N–H and O–H groups in total. The highest BCUT2D eigenvalue weighted by Gasteiger charge is 2.18. The molecule has 1 aromatic rings. The van der Waals surface area contributed by atoms with Crippen LogP contribution in [0.5, 0.6) is 0 Å². The molecule has 1 aliphatic rings. The Balaban J connectivity index is 2.02. The highest BCUT2D eigenvalue weighted by Crippen LogP contribution is 2.16. The van der Waals surface area contributed by atoms with Gasteiger partial charge in [0, 0.05) is 47.2 Å². The van der Waals surface area contributed by atoms with Gasteiger partial charge in [-0.2, -0.15) is 4.98 Å². The van der Waals surface area contributed by atoms with Crippen LogP contribution in [0.25, 0.3) is 0 Å². The first-order chi connectivity index (χ1) is 8.17. The maximum Gasteiger partial charge on any atom is 0.224 e. The standard InChI is InChI=1S/C11H18N4OS/c1-8-7-10(15-11(12-2)13-8)14-9-3-5-17(16)6-4-9/h7,9H,3-6H2,1-2H3,(H2,12,13,14,15). The van der Waals surface area contributed by atoms with Crippen molar-refractivity contribution in [2.24, 2.45) is 0 Å². The van der Waals surface area contributed by atoms with E-state index in [0.717, 1.165) is 35.9 Å². The summed E-state index contributed by atoms with van der Waals surface area (Å²) in [5.74, 6) is 3.06. The van der Waals surface area contributed by atoms with Crippen LogP contribution in [0.15, 0.2) is 6.07 Å². The molecule has 1 saturated heterocycles. The molecule has 2 rings (SSSR count). The lowest BCUT2D eigenvalue weighted by atomic mass is 10.1. The molecular formula is C11H18N4OS. The average Bonchev–Trinajstić information content (AvgIpc) is 2.31. The summed E-state index contributed by atoms with van der Waals surface area (Å²) in [4.78, 5) is 8.60. The van der Waals surface area contributed by atoms with Crippen LogP contribution in [0, 0.1) is 6.92 Å². The van der Waals surface area contributed by atoms with E-state index in [-0.39, 0.29) is 0 Å². The molecule has 1 aromatic heterocycles. The Bertz CT molecular complexity index is 414. The molecule has 2 heterocycles. The van der Waals surface area contributed by atoms with E-state index >= 15 is 0 Å². The molecule has 17 heavy (non-hydrogen) atoms. The van der Waals surface area contributed by atoms with Crippen molar-refractivity contribution in [2.75, 3.05) is 29.2 Å². The van der Waals surface area contributed by atoms with Gasteiger partial charge in [-0.1, -0.05) is 0 Å². The van der Waals surface area contributed by atoms with Crippen molar-refractivity contribution in [3.63, 3.8) is 0 Å². The second-order valence-corrected chi connectivity index (χ2v) is 5.93. The molecule has 0 aromatic carbocycles. The molecule has 5 nitrogen and oxygen atoms in total. The minimum atomic E-state index is -0.614. The highest BCUT2D eigenvalue weighted by molar-refractivity contribution is 7.85. The Morgan fingerprint density at radius 1 is 1.35 bits per heavy atom. The lowest BCUT2D eigenvalue weighted by Gasteiger charge is -2.23. The van der Waals surface area contributed by atoms with Gasteiger partial charge in [0.1, 0.15) is 5.82 Å². The molecule has 1 fully saturated rings. The van der Waals surface area contributed by atoms with Crippen molar-refractivity contribution in [1.82, 2.24) is 9.97 Å². The highest BCUT2D eigenvalue weighted by atomic mass is 32.2. The second kappa shape index (κ2) is 5.44.